The van der Waals surface area contributed by atoms with Gasteiger partial charge in [-0.2, -0.15) is 0 Å². The fraction of sp³-hybridized carbons (Fsp3) is 0.300. The molecule has 0 aromatic heterocycles. The maximum atomic E-state index is 12.9. The number of benzene rings is 1. The first-order valence-corrected chi connectivity index (χ1v) is 5.31. The maximum absolute atomic E-state index is 12.9. The second-order valence-electron chi connectivity index (χ2n) is 3.38. The van der Waals surface area contributed by atoms with Crippen LogP contribution in [0.25, 0.3) is 0 Å². The molecule has 15 heavy (non-hydrogen) atoms. The zero-order valence-electron chi connectivity index (χ0n) is 8.47. The number of urea groups is 1. The number of nitrogens with one attached hydrogen (secondary N) is 2. The number of carbonyl (C=O) groups is 1. The Kier molecular flexibility index (Phi) is 4.08. The van der Waals surface area contributed by atoms with Crippen molar-refractivity contribution in [2.45, 2.75) is 19.9 Å². The van der Waals surface area contributed by atoms with Crippen LogP contribution in [0.3, 0.4) is 0 Å². The molecule has 3 nitrogen and oxygen atoms in total. The molecule has 0 heterocycles. The van der Waals surface area contributed by atoms with E-state index in [1.54, 1.807) is 6.07 Å². The fourth-order valence-electron chi connectivity index (χ4n) is 1.01. The highest BCUT2D eigenvalue weighted by Crippen LogP contribution is 2.22. The number of hydrogen-bond donors (Lipinski definition) is 2. The number of rotatable bonds is 2. The summed E-state index contributed by atoms with van der Waals surface area (Å²) < 4.78 is 13.5. The van der Waals surface area contributed by atoms with Gasteiger partial charge in [0.05, 0.1) is 5.69 Å². The summed E-state index contributed by atoms with van der Waals surface area (Å²) in [7, 11) is 0. The lowest BCUT2D eigenvalue weighted by Crippen LogP contribution is -2.34. The second kappa shape index (κ2) is 5.11. The lowest BCUT2D eigenvalue weighted by atomic mass is 10.3. The minimum absolute atomic E-state index is 0.0392. The van der Waals surface area contributed by atoms with Crippen molar-refractivity contribution >= 4 is 27.6 Å². The van der Waals surface area contributed by atoms with E-state index in [2.05, 4.69) is 26.6 Å². The molecule has 0 aliphatic rings. The van der Waals surface area contributed by atoms with Crippen LogP contribution in [-0.4, -0.2) is 12.1 Å². The monoisotopic (exact) mass is 274 g/mol. The van der Waals surface area contributed by atoms with Crippen molar-refractivity contribution in [2.75, 3.05) is 5.32 Å². The molecule has 0 bridgehead atoms. The topological polar surface area (TPSA) is 41.1 Å². The predicted octanol–water partition coefficient (Wildman–Crippen LogP) is 3.12. The Bertz CT molecular complexity index is 368. The molecule has 2 amide bonds. The van der Waals surface area contributed by atoms with Gasteiger partial charge in [-0.15, -0.1) is 0 Å². The Hall–Kier alpha value is -1.10. The molecule has 0 aliphatic carbocycles. The van der Waals surface area contributed by atoms with Gasteiger partial charge in [0, 0.05) is 10.5 Å². The third kappa shape index (κ3) is 3.87. The molecule has 1 aromatic carbocycles. The summed E-state index contributed by atoms with van der Waals surface area (Å²) in [5.41, 5.74) is 0.410. The number of halogens is 2. The lowest BCUT2D eigenvalue weighted by Gasteiger charge is -2.11. The summed E-state index contributed by atoms with van der Waals surface area (Å²) in [5, 5.41) is 5.19. The van der Waals surface area contributed by atoms with E-state index in [0.29, 0.717) is 10.2 Å². The van der Waals surface area contributed by atoms with Crippen molar-refractivity contribution in [3.63, 3.8) is 0 Å². The molecule has 0 atom stereocenters. The highest BCUT2D eigenvalue weighted by atomic mass is 79.9. The molecule has 1 aromatic rings. The minimum Gasteiger partial charge on any atom is -0.336 e. The SMILES string of the molecule is CC(C)NC(=O)Nc1cc(F)ccc1Br. The van der Waals surface area contributed by atoms with Gasteiger partial charge in [0.1, 0.15) is 5.82 Å². The van der Waals surface area contributed by atoms with E-state index in [-0.39, 0.29) is 12.1 Å². The summed E-state index contributed by atoms with van der Waals surface area (Å²) >= 11 is 3.22. The summed E-state index contributed by atoms with van der Waals surface area (Å²) in [6.07, 6.45) is 0. The first-order chi connectivity index (χ1) is 6.99. The molecular weight excluding hydrogens is 263 g/mol. The van der Waals surface area contributed by atoms with Gasteiger partial charge in [-0.3, -0.25) is 0 Å². The molecule has 82 valence electrons. The molecular formula is C10H12BrFN2O. The third-order valence-corrected chi connectivity index (χ3v) is 2.29. The zero-order chi connectivity index (χ0) is 11.4. The molecule has 2 N–H and O–H groups in total. The van der Waals surface area contributed by atoms with Crippen LogP contribution in [0.5, 0.6) is 0 Å². The smallest absolute Gasteiger partial charge is 0.319 e. The van der Waals surface area contributed by atoms with E-state index in [0.717, 1.165) is 0 Å². The fourth-order valence-corrected chi connectivity index (χ4v) is 1.36. The van der Waals surface area contributed by atoms with E-state index in [4.69, 9.17) is 0 Å². The lowest BCUT2D eigenvalue weighted by molar-refractivity contribution is 0.250. The summed E-state index contributed by atoms with van der Waals surface area (Å²) in [5.74, 6) is -0.391. The maximum Gasteiger partial charge on any atom is 0.319 e. The van der Waals surface area contributed by atoms with Crippen molar-refractivity contribution in [3.8, 4) is 0 Å². The summed E-state index contributed by atoms with van der Waals surface area (Å²) in [6.45, 7) is 3.69. The van der Waals surface area contributed by atoms with E-state index < -0.39 is 5.82 Å². The van der Waals surface area contributed by atoms with Crippen LogP contribution in [0.1, 0.15) is 13.8 Å². The predicted molar refractivity (Wildman–Crippen MR) is 61.4 cm³/mol. The zero-order valence-corrected chi connectivity index (χ0v) is 10.1. The summed E-state index contributed by atoms with van der Waals surface area (Å²) in [6, 6.07) is 3.80. The van der Waals surface area contributed by atoms with Gasteiger partial charge < -0.3 is 10.6 Å². The molecule has 0 saturated carbocycles. The quantitative estimate of drug-likeness (QED) is 0.855. The standard InChI is InChI=1S/C10H12BrFN2O/c1-6(2)13-10(15)14-9-5-7(12)3-4-8(9)11/h3-6H,1-2H3,(H2,13,14,15). The van der Waals surface area contributed by atoms with E-state index in [1.807, 2.05) is 13.8 Å². The minimum atomic E-state index is -0.391. The van der Waals surface area contributed by atoms with Gasteiger partial charge in [-0.1, -0.05) is 0 Å². The van der Waals surface area contributed by atoms with Gasteiger partial charge in [0.15, 0.2) is 0 Å². The Labute approximate surface area is 96.2 Å². The van der Waals surface area contributed by atoms with Crippen molar-refractivity contribution < 1.29 is 9.18 Å². The average molecular weight is 275 g/mol. The Morgan fingerprint density at radius 3 is 2.73 bits per heavy atom. The normalized spacial score (nSPS) is 10.2. The van der Waals surface area contributed by atoms with Gasteiger partial charge in [0.25, 0.3) is 0 Å². The largest absolute Gasteiger partial charge is 0.336 e. The van der Waals surface area contributed by atoms with Crippen LogP contribution >= 0.6 is 15.9 Å². The molecule has 0 spiro atoms. The van der Waals surface area contributed by atoms with Crippen LogP contribution in [0.2, 0.25) is 0 Å². The van der Waals surface area contributed by atoms with Gasteiger partial charge in [0.2, 0.25) is 0 Å². The molecule has 0 unspecified atom stereocenters. The van der Waals surface area contributed by atoms with Crippen molar-refractivity contribution in [2.24, 2.45) is 0 Å². The number of anilines is 1. The second-order valence-corrected chi connectivity index (χ2v) is 4.23. The first kappa shape index (κ1) is 12.0. The van der Waals surface area contributed by atoms with Crippen molar-refractivity contribution in [3.05, 3.63) is 28.5 Å². The van der Waals surface area contributed by atoms with E-state index >= 15 is 0 Å². The van der Waals surface area contributed by atoms with E-state index in [9.17, 15) is 9.18 Å². The van der Waals surface area contributed by atoms with Crippen molar-refractivity contribution in [1.29, 1.82) is 0 Å². The Morgan fingerprint density at radius 1 is 1.47 bits per heavy atom. The van der Waals surface area contributed by atoms with Crippen LogP contribution in [-0.2, 0) is 0 Å². The van der Waals surface area contributed by atoms with Gasteiger partial charge >= 0.3 is 6.03 Å². The summed E-state index contributed by atoms with van der Waals surface area (Å²) in [4.78, 5) is 11.3. The van der Waals surface area contributed by atoms with Crippen LogP contribution in [0.15, 0.2) is 22.7 Å². The molecule has 5 heteroatoms. The van der Waals surface area contributed by atoms with Crippen LogP contribution in [0.4, 0.5) is 14.9 Å². The van der Waals surface area contributed by atoms with Crippen LogP contribution < -0.4 is 10.6 Å². The molecule has 1 rings (SSSR count). The Balaban J connectivity index is 2.71. The van der Waals surface area contributed by atoms with Gasteiger partial charge in [-0.05, 0) is 48.0 Å². The highest BCUT2D eigenvalue weighted by molar-refractivity contribution is 9.10. The highest BCUT2D eigenvalue weighted by Gasteiger charge is 2.06. The third-order valence-electron chi connectivity index (χ3n) is 1.60. The molecule has 0 saturated heterocycles. The number of hydrogen-bond acceptors (Lipinski definition) is 1. The van der Waals surface area contributed by atoms with Gasteiger partial charge in [-0.25, -0.2) is 9.18 Å². The molecule has 0 fully saturated rings. The molecule has 0 radical (unpaired) electrons. The molecule has 0 aliphatic heterocycles. The van der Waals surface area contributed by atoms with E-state index in [1.165, 1.54) is 12.1 Å². The number of amides is 2. The number of carbonyl (C=O) groups excluding carboxylic acids is 1. The van der Waals surface area contributed by atoms with Crippen molar-refractivity contribution in [1.82, 2.24) is 5.32 Å². The average Bonchev–Trinajstić information content (AvgIpc) is 2.10. The Morgan fingerprint density at radius 2 is 2.13 bits per heavy atom. The first-order valence-electron chi connectivity index (χ1n) is 4.51. The van der Waals surface area contributed by atoms with Crippen LogP contribution in [0, 0.1) is 5.82 Å².